The van der Waals surface area contributed by atoms with E-state index < -0.39 is 0 Å². The van der Waals surface area contributed by atoms with Crippen LogP contribution in [0, 0.1) is 0 Å². The van der Waals surface area contributed by atoms with Gasteiger partial charge in [0, 0.05) is 24.1 Å². The second-order valence-corrected chi connectivity index (χ2v) is 4.94. The van der Waals surface area contributed by atoms with E-state index in [1.165, 1.54) is 5.56 Å². The van der Waals surface area contributed by atoms with Gasteiger partial charge in [-0.15, -0.1) is 0 Å². The van der Waals surface area contributed by atoms with E-state index in [9.17, 15) is 0 Å². The average Bonchev–Trinajstić information content (AvgIpc) is 2.27. The Labute approximate surface area is 103 Å². The smallest absolute Gasteiger partial charge is 0.124 e. The molecule has 0 fully saturated rings. The lowest BCUT2D eigenvalue weighted by Gasteiger charge is -2.32. The van der Waals surface area contributed by atoms with Gasteiger partial charge in [-0.05, 0) is 25.1 Å². The van der Waals surface area contributed by atoms with Gasteiger partial charge < -0.3 is 14.8 Å². The summed E-state index contributed by atoms with van der Waals surface area (Å²) in [7, 11) is 1.69. The van der Waals surface area contributed by atoms with E-state index >= 15 is 0 Å². The molecule has 3 nitrogen and oxygen atoms in total. The number of benzene rings is 1. The third-order valence-electron chi connectivity index (χ3n) is 3.02. The Bertz CT molecular complexity index is 390. The standard InChI is InChI=1S/C14H21NO2/c1-9(2)15-13-7-10(3)17-14-6-5-11(16-4)8-12(13)14/h5-6,8-10,13,15H,7H2,1-4H3. The summed E-state index contributed by atoms with van der Waals surface area (Å²) in [5.41, 5.74) is 1.20. The van der Waals surface area contributed by atoms with Crippen LogP contribution in [0.3, 0.4) is 0 Å². The molecule has 0 spiro atoms. The van der Waals surface area contributed by atoms with Gasteiger partial charge in [-0.2, -0.15) is 0 Å². The molecule has 1 aromatic carbocycles. The number of nitrogens with one attached hydrogen (secondary N) is 1. The van der Waals surface area contributed by atoms with Gasteiger partial charge in [-0.3, -0.25) is 0 Å². The highest BCUT2D eigenvalue weighted by molar-refractivity contribution is 5.43. The molecule has 17 heavy (non-hydrogen) atoms. The van der Waals surface area contributed by atoms with E-state index in [1.54, 1.807) is 7.11 Å². The molecular weight excluding hydrogens is 214 g/mol. The van der Waals surface area contributed by atoms with Gasteiger partial charge in [0.2, 0.25) is 0 Å². The lowest BCUT2D eigenvalue weighted by atomic mass is 9.96. The van der Waals surface area contributed by atoms with E-state index in [0.717, 1.165) is 17.9 Å². The summed E-state index contributed by atoms with van der Waals surface area (Å²) in [5.74, 6) is 1.86. The van der Waals surface area contributed by atoms with Crippen molar-refractivity contribution in [3.05, 3.63) is 23.8 Å². The van der Waals surface area contributed by atoms with Crippen molar-refractivity contribution in [3.8, 4) is 11.5 Å². The molecule has 2 rings (SSSR count). The predicted octanol–water partition coefficient (Wildman–Crippen LogP) is 2.91. The fraction of sp³-hybridized carbons (Fsp3) is 0.571. The minimum atomic E-state index is 0.257. The molecule has 94 valence electrons. The zero-order valence-corrected chi connectivity index (χ0v) is 11.0. The van der Waals surface area contributed by atoms with Crippen LogP contribution >= 0.6 is 0 Å². The molecule has 1 aliphatic rings. The Morgan fingerprint density at radius 1 is 1.41 bits per heavy atom. The molecule has 0 amide bonds. The van der Waals surface area contributed by atoms with Crippen molar-refractivity contribution >= 4 is 0 Å². The third-order valence-corrected chi connectivity index (χ3v) is 3.02. The van der Waals surface area contributed by atoms with Crippen LogP contribution in [0.5, 0.6) is 11.5 Å². The van der Waals surface area contributed by atoms with E-state index in [1.807, 2.05) is 12.1 Å². The van der Waals surface area contributed by atoms with Crippen LogP contribution < -0.4 is 14.8 Å². The normalized spacial score (nSPS) is 23.1. The summed E-state index contributed by atoms with van der Waals surface area (Å²) in [6.45, 7) is 6.45. The Kier molecular flexibility index (Phi) is 3.57. The van der Waals surface area contributed by atoms with Gasteiger partial charge in [0.25, 0.3) is 0 Å². The van der Waals surface area contributed by atoms with Gasteiger partial charge in [-0.1, -0.05) is 13.8 Å². The lowest BCUT2D eigenvalue weighted by molar-refractivity contribution is 0.163. The fourth-order valence-electron chi connectivity index (χ4n) is 2.32. The number of hydrogen-bond donors (Lipinski definition) is 1. The van der Waals surface area contributed by atoms with Crippen molar-refractivity contribution in [1.29, 1.82) is 0 Å². The van der Waals surface area contributed by atoms with E-state index in [-0.39, 0.29) is 6.10 Å². The van der Waals surface area contributed by atoms with Gasteiger partial charge >= 0.3 is 0 Å². The molecule has 1 aromatic rings. The number of hydrogen-bond acceptors (Lipinski definition) is 3. The molecule has 1 N–H and O–H groups in total. The monoisotopic (exact) mass is 235 g/mol. The zero-order valence-electron chi connectivity index (χ0n) is 11.0. The number of rotatable bonds is 3. The minimum absolute atomic E-state index is 0.257. The summed E-state index contributed by atoms with van der Waals surface area (Å²) in [6, 6.07) is 6.83. The zero-order chi connectivity index (χ0) is 12.4. The van der Waals surface area contributed by atoms with Crippen LogP contribution in [0.15, 0.2) is 18.2 Å². The largest absolute Gasteiger partial charge is 0.497 e. The number of methoxy groups -OCH3 is 1. The Hall–Kier alpha value is -1.22. The van der Waals surface area contributed by atoms with Crippen LogP contribution in [0.4, 0.5) is 0 Å². The van der Waals surface area contributed by atoms with Crippen molar-refractivity contribution in [2.75, 3.05) is 7.11 Å². The molecule has 1 aliphatic heterocycles. The van der Waals surface area contributed by atoms with Crippen LogP contribution in [0.2, 0.25) is 0 Å². The van der Waals surface area contributed by atoms with Crippen LogP contribution in [0.1, 0.15) is 38.8 Å². The number of fused-ring (bicyclic) bond motifs is 1. The second kappa shape index (κ2) is 4.96. The maximum absolute atomic E-state index is 5.85. The van der Waals surface area contributed by atoms with Gasteiger partial charge in [-0.25, -0.2) is 0 Å². The highest BCUT2D eigenvalue weighted by Crippen LogP contribution is 2.37. The van der Waals surface area contributed by atoms with Gasteiger partial charge in [0.1, 0.15) is 11.5 Å². The van der Waals surface area contributed by atoms with Crippen molar-refractivity contribution < 1.29 is 9.47 Å². The first kappa shape index (κ1) is 12.2. The Balaban J connectivity index is 2.31. The molecule has 0 saturated carbocycles. The van der Waals surface area contributed by atoms with Crippen molar-refractivity contribution in [2.24, 2.45) is 0 Å². The minimum Gasteiger partial charge on any atom is -0.497 e. The van der Waals surface area contributed by atoms with E-state index in [2.05, 4.69) is 32.2 Å². The van der Waals surface area contributed by atoms with Crippen LogP contribution in [0.25, 0.3) is 0 Å². The Morgan fingerprint density at radius 3 is 2.82 bits per heavy atom. The topological polar surface area (TPSA) is 30.5 Å². The first-order valence-electron chi connectivity index (χ1n) is 6.20. The molecule has 0 bridgehead atoms. The molecule has 0 aliphatic carbocycles. The van der Waals surface area contributed by atoms with Crippen LogP contribution in [-0.4, -0.2) is 19.3 Å². The summed E-state index contributed by atoms with van der Waals surface area (Å²) in [6.07, 6.45) is 1.25. The molecule has 0 aromatic heterocycles. The maximum Gasteiger partial charge on any atom is 0.124 e. The molecule has 3 heteroatoms. The fourth-order valence-corrected chi connectivity index (χ4v) is 2.32. The third kappa shape index (κ3) is 2.72. The summed E-state index contributed by atoms with van der Waals surface area (Å²) in [4.78, 5) is 0. The summed E-state index contributed by atoms with van der Waals surface area (Å²) < 4.78 is 11.1. The first-order chi connectivity index (χ1) is 8.10. The highest BCUT2D eigenvalue weighted by atomic mass is 16.5. The highest BCUT2D eigenvalue weighted by Gasteiger charge is 2.26. The van der Waals surface area contributed by atoms with Crippen LogP contribution in [-0.2, 0) is 0 Å². The van der Waals surface area contributed by atoms with Crippen molar-refractivity contribution in [2.45, 2.75) is 45.4 Å². The first-order valence-corrected chi connectivity index (χ1v) is 6.20. The quantitative estimate of drug-likeness (QED) is 0.873. The van der Waals surface area contributed by atoms with Gasteiger partial charge in [0.15, 0.2) is 0 Å². The average molecular weight is 235 g/mol. The van der Waals surface area contributed by atoms with Crippen molar-refractivity contribution in [1.82, 2.24) is 5.32 Å². The summed E-state index contributed by atoms with van der Waals surface area (Å²) >= 11 is 0. The lowest BCUT2D eigenvalue weighted by Crippen LogP contribution is -2.35. The van der Waals surface area contributed by atoms with Crippen molar-refractivity contribution in [3.63, 3.8) is 0 Å². The van der Waals surface area contributed by atoms with E-state index in [0.29, 0.717) is 12.1 Å². The van der Waals surface area contributed by atoms with E-state index in [4.69, 9.17) is 9.47 Å². The summed E-state index contributed by atoms with van der Waals surface area (Å²) in [5, 5.41) is 3.58. The molecule has 0 radical (unpaired) electrons. The molecular formula is C14H21NO2. The molecule has 2 unspecified atom stereocenters. The number of ether oxygens (including phenoxy) is 2. The van der Waals surface area contributed by atoms with Gasteiger partial charge in [0.05, 0.1) is 13.2 Å². The molecule has 0 saturated heterocycles. The predicted molar refractivity (Wildman–Crippen MR) is 68.7 cm³/mol. The molecule has 1 heterocycles. The molecule has 2 atom stereocenters. The maximum atomic E-state index is 5.85. The second-order valence-electron chi connectivity index (χ2n) is 4.94. The SMILES string of the molecule is COc1ccc2c(c1)C(NC(C)C)CC(C)O2. The Morgan fingerprint density at radius 2 is 2.18 bits per heavy atom.